The van der Waals surface area contributed by atoms with Gasteiger partial charge in [0.2, 0.25) is 0 Å². The van der Waals surface area contributed by atoms with E-state index in [1.165, 1.54) is 0 Å². The van der Waals surface area contributed by atoms with Gasteiger partial charge in [-0.3, -0.25) is 4.79 Å². The van der Waals surface area contributed by atoms with E-state index in [0.29, 0.717) is 24.3 Å². The largest absolute Gasteiger partial charge is 0.391 e. The number of amides is 1. The van der Waals surface area contributed by atoms with Gasteiger partial charge in [-0.2, -0.15) is 0 Å². The fraction of sp³-hybridized carbons (Fsp3) is 0.600. The lowest BCUT2D eigenvalue weighted by Gasteiger charge is -2.27. The molecule has 1 amide bonds. The molecule has 1 aromatic rings. The third-order valence-corrected chi connectivity index (χ3v) is 3.74. The van der Waals surface area contributed by atoms with Crippen LogP contribution in [0.3, 0.4) is 0 Å². The van der Waals surface area contributed by atoms with E-state index in [9.17, 15) is 9.90 Å². The Bertz CT molecular complexity index is 518. The number of nitrogens with zero attached hydrogens (tertiary/aromatic N) is 3. The topological polar surface area (TPSA) is 82.7 Å². The smallest absolute Gasteiger partial charge is 0.254 e. The van der Waals surface area contributed by atoms with Crippen LogP contribution >= 0.6 is 0 Å². The molecule has 1 saturated heterocycles. The number of aliphatic hydroxyl groups excluding tert-OH is 1. The summed E-state index contributed by atoms with van der Waals surface area (Å²) < 4.78 is 0. The second kappa shape index (κ2) is 6.41. The van der Waals surface area contributed by atoms with Gasteiger partial charge in [-0.15, -0.1) is 0 Å². The van der Waals surface area contributed by atoms with Crippen LogP contribution in [0.25, 0.3) is 0 Å². The summed E-state index contributed by atoms with van der Waals surface area (Å²) in [6.07, 6.45) is 0.893. The first kappa shape index (κ1) is 15.7. The Balaban J connectivity index is 2.23. The number of aryl methyl sites for hydroxylation is 1. The van der Waals surface area contributed by atoms with Crippen LogP contribution in [0.1, 0.15) is 29.4 Å². The quantitative estimate of drug-likeness (QED) is 0.837. The van der Waals surface area contributed by atoms with Gasteiger partial charge in [0.15, 0.2) is 0 Å². The summed E-state index contributed by atoms with van der Waals surface area (Å²) in [5, 5.41) is 9.88. The summed E-state index contributed by atoms with van der Waals surface area (Å²) in [5.41, 5.74) is 7.14. The van der Waals surface area contributed by atoms with Crippen molar-refractivity contribution in [2.75, 3.05) is 32.9 Å². The Labute approximate surface area is 125 Å². The number of hydrogen-bond acceptors (Lipinski definition) is 5. The monoisotopic (exact) mass is 292 g/mol. The van der Waals surface area contributed by atoms with Gasteiger partial charge < -0.3 is 20.6 Å². The van der Waals surface area contributed by atoms with Gasteiger partial charge in [-0.25, -0.2) is 4.98 Å². The molecule has 1 aromatic heterocycles. The third-order valence-electron chi connectivity index (χ3n) is 3.74. The van der Waals surface area contributed by atoms with Gasteiger partial charge in [0.25, 0.3) is 5.91 Å². The average Bonchev–Trinajstić information content (AvgIpc) is 2.77. The van der Waals surface area contributed by atoms with Gasteiger partial charge in [0.1, 0.15) is 5.82 Å². The number of nitrogens with two attached hydrogens (primary N) is 1. The second-order valence-electron chi connectivity index (χ2n) is 5.89. The molecule has 2 atom stereocenters. The molecule has 0 spiro atoms. The zero-order valence-corrected chi connectivity index (χ0v) is 12.9. The minimum Gasteiger partial charge on any atom is -0.391 e. The number of β-amino-alcohol motifs (C(OH)–C–C–N with tert-alkyl or cyclic N) is 1. The molecule has 0 aromatic carbocycles. The highest BCUT2D eigenvalue weighted by Gasteiger charge is 2.35. The van der Waals surface area contributed by atoms with Crippen molar-refractivity contribution < 1.29 is 9.90 Å². The first-order valence-corrected chi connectivity index (χ1v) is 7.31. The maximum Gasteiger partial charge on any atom is 0.254 e. The van der Waals surface area contributed by atoms with Crippen LogP contribution in [0.5, 0.6) is 0 Å². The van der Waals surface area contributed by atoms with E-state index in [0.717, 1.165) is 18.7 Å². The van der Waals surface area contributed by atoms with E-state index in [4.69, 9.17) is 5.73 Å². The Morgan fingerprint density at radius 1 is 1.52 bits per heavy atom. The molecular weight excluding hydrogens is 268 g/mol. The maximum atomic E-state index is 12.7. The molecule has 116 valence electrons. The standard InChI is InChI=1S/C15H24N4O2/c1-4-11-5-10(6-14(16)17-11)15(21)19-9-13(20)7-12(19)8-18(2)3/h5-6,12-13,20H,4,7-9H2,1-3H3,(H2,16,17). The molecule has 1 fully saturated rings. The van der Waals surface area contributed by atoms with Gasteiger partial charge in [0, 0.05) is 30.4 Å². The molecule has 6 heteroatoms. The van der Waals surface area contributed by atoms with Crippen LogP contribution < -0.4 is 5.73 Å². The number of aliphatic hydroxyl groups is 1. The molecule has 1 aliphatic rings. The number of carbonyl (C=O) groups is 1. The van der Waals surface area contributed by atoms with E-state index in [-0.39, 0.29) is 11.9 Å². The van der Waals surface area contributed by atoms with Crippen molar-refractivity contribution in [3.8, 4) is 0 Å². The molecule has 2 rings (SSSR count). The zero-order valence-electron chi connectivity index (χ0n) is 12.9. The van der Waals surface area contributed by atoms with Crippen molar-refractivity contribution >= 4 is 11.7 Å². The Morgan fingerprint density at radius 3 is 2.86 bits per heavy atom. The molecule has 2 unspecified atom stereocenters. The normalized spacial score (nSPS) is 22.0. The van der Waals surface area contributed by atoms with E-state index in [1.807, 2.05) is 25.9 Å². The van der Waals surface area contributed by atoms with Crippen molar-refractivity contribution in [3.63, 3.8) is 0 Å². The molecule has 0 bridgehead atoms. The Morgan fingerprint density at radius 2 is 2.24 bits per heavy atom. The lowest BCUT2D eigenvalue weighted by Crippen LogP contribution is -2.41. The predicted octanol–water partition coefficient (Wildman–Crippen LogP) is 0.363. The van der Waals surface area contributed by atoms with E-state index in [1.54, 1.807) is 17.0 Å². The number of rotatable bonds is 4. The lowest BCUT2D eigenvalue weighted by atomic mass is 10.1. The van der Waals surface area contributed by atoms with Crippen LogP contribution in [-0.2, 0) is 6.42 Å². The number of aromatic nitrogens is 1. The first-order valence-electron chi connectivity index (χ1n) is 7.31. The van der Waals surface area contributed by atoms with Crippen LogP contribution in [0.4, 0.5) is 5.82 Å². The predicted molar refractivity (Wildman–Crippen MR) is 82.0 cm³/mol. The molecule has 0 radical (unpaired) electrons. The number of pyridine rings is 1. The van der Waals surface area contributed by atoms with E-state index >= 15 is 0 Å². The number of anilines is 1. The molecule has 6 nitrogen and oxygen atoms in total. The lowest BCUT2D eigenvalue weighted by molar-refractivity contribution is 0.0699. The summed E-state index contributed by atoms with van der Waals surface area (Å²) in [4.78, 5) is 20.7. The van der Waals surface area contributed by atoms with Gasteiger partial charge in [-0.1, -0.05) is 6.92 Å². The highest BCUT2D eigenvalue weighted by Crippen LogP contribution is 2.22. The van der Waals surface area contributed by atoms with E-state index in [2.05, 4.69) is 4.98 Å². The molecule has 2 heterocycles. The number of nitrogen functional groups attached to an aromatic ring is 1. The SMILES string of the molecule is CCc1cc(C(=O)N2CC(O)CC2CN(C)C)cc(N)n1. The van der Waals surface area contributed by atoms with E-state index < -0.39 is 6.10 Å². The summed E-state index contributed by atoms with van der Waals surface area (Å²) in [6.45, 7) is 3.09. The molecule has 0 saturated carbocycles. The summed E-state index contributed by atoms with van der Waals surface area (Å²) in [7, 11) is 3.93. The fourth-order valence-corrected chi connectivity index (χ4v) is 2.82. The van der Waals surface area contributed by atoms with Crippen molar-refractivity contribution in [3.05, 3.63) is 23.4 Å². The third kappa shape index (κ3) is 3.71. The summed E-state index contributed by atoms with van der Waals surface area (Å²) in [6, 6.07) is 3.43. The molecule has 3 N–H and O–H groups in total. The molecule has 1 aliphatic heterocycles. The second-order valence-corrected chi connectivity index (χ2v) is 5.89. The van der Waals surface area contributed by atoms with Crippen LogP contribution in [0.2, 0.25) is 0 Å². The number of carbonyl (C=O) groups excluding carboxylic acids is 1. The van der Waals surface area contributed by atoms with Crippen molar-refractivity contribution in [1.29, 1.82) is 0 Å². The molecular formula is C15H24N4O2. The minimum atomic E-state index is -0.455. The van der Waals surface area contributed by atoms with Gasteiger partial charge in [0.05, 0.1) is 6.10 Å². The fourth-order valence-electron chi connectivity index (χ4n) is 2.82. The molecule has 21 heavy (non-hydrogen) atoms. The zero-order chi connectivity index (χ0) is 15.6. The van der Waals surface area contributed by atoms with Gasteiger partial charge >= 0.3 is 0 Å². The maximum absolute atomic E-state index is 12.7. The number of likely N-dealkylation sites (N-methyl/N-ethyl adjacent to an activating group) is 1. The number of likely N-dealkylation sites (tertiary alicyclic amines) is 1. The average molecular weight is 292 g/mol. The van der Waals surface area contributed by atoms with Crippen LogP contribution in [0.15, 0.2) is 12.1 Å². The van der Waals surface area contributed by atoms with Gasteiger partial charge in [-0.05, 0) is 39.1 Å². The van der Waals surface area contributed by atoms with Crippen molar-refractivity contribution in [2.45, 2.75) is 31.9 Å². The first-order chi connectivity index (χ1) is 9.90. The van der Waals surface area contributed by atoms with Crippen LogP contribution in [-0.4, -0.2) is 65.1 Å². The number of hydrogen-bond donors (Lipinski definition) is 2. The summed E-state index contributed by atoms with van der Waals surface area (Å²) in [5.74, 6) is 0.281. The van der Waals surface area contributed by atoms with Crippen LogP contribution in [0, 0.1) is 0 Å². The van der Waals surface area contributed by atoms with Crippen molar-refractivity contribution in [1.82, 2.24) is 14.8 Å². The Kier molecular flexibility index (Phi) is 4.80. The highest BCUT2D eigenvalue weighted by atomic mass is 16.3. The minimum absolute atomic E-state index is 0.0296. The summed E-state index contributed by atoms with van der Waals surface area (Å²) >= 11 is 0. The van der Waals surface area contributed by atoms with Crippen molar-refractivity contribution in [2.24, 2.45) is 0 Å². The Hall–Kier alpha value is -1.66. The highest BCUT2D eigenvalue weighted by molar-refractivity contribution is 5.95. The molecule has 0 aliphatic carbocycles.